The summed E-state index contributed by atoms with van der Waals surface area (Å²) in [5.41, 5.74) is 1.24. The van der Waals surface area contributed by atoms with Gasteiger partial charge < -0.3 is 5.32 Å². The van der Waals surface area contributed by atoms with Gasteiger partial charge in [0.25, 0.3) is 0 Å². The second kappa shape index (κ2) is 2.44. The maximum Gasteiger partial charge on any atom is 0.100 e. The zero-order chi connectivity index (χ0) is 6.81. The third kappa shape index (κ3) is 0.936. The van der Waals surface area contributed by atoms with Gasteiger partial charge in [-0.25, -0.2) is 0 Å². The molecular formula is C7H11N3. The van der Waals surface area contributed by atoms with E-state index in [1.165, 1.54) is 5.70 Å². The summed E-state index contributed by atoms with van der Waals surface area (Å²) in [5.74, 6) is 0. The van der Waals surface area contributed by atoms with Gasteiger partial charge in [-0.3, -0.25) is 10.6 Å². The molecule has 0 amide bonds. The Bertz CT molecular complexity index is 183. The van der Waals surface area contributed by atoms with Crippen LogP contribution in [0.4, 0.5) is 0 Å². The summed E-state index contributed by atoms with van der Waals surface area (Å²) in [7, 11) is 0. The number of nitrogens with one attached hydrogen (secondary N) is 3. The van der Waals surface area contributed by atoms with Crippen LogP contribution >= 0.6 is 0 Å². The fourth-order valence-electron chi connectivity index (χ4n) is 1.23. The molecule has 2 aliphatic rings. The van der Waals surface area contributed by atoms with Crippen LogP contribution in [0.2, 0.25) is 0 Å². The Morgan fingerprint density at radius 1 is 1.40 bits per heavy atom. The van der Waals surface area contributed by atoms with Crippen molar-refractivity contribution in [1.29, 1.82) is 0 Å². The molecule has 10 heavy (non-hydrogen) atoms. The van der Waals surface area contributed by atoms with Gasteiger partial charge in [0.15, 0.2) is 0 Å². The van der Waals surface area contributed by atoms with Crippen LogP contribution in [0.15, 0.2) is 23.9 Å². The second-order valence-corrected chi connectivity index (χ2v) is 2.45. The molecule has 3 nitrogen and oxygen atoms in total. The Balaban J connectivity index is 2.18. The van der Waals surface area contributed by atoms with Crippen LogP contribution in [-0.4, -0.2) is 19.4 Å². The smallest absolute Gasteiger partial charge is 0.100 e. The summed E-state index contributed by atoms with van der Waals surface area (Å²) in [6.45, 7) is 1.82. The molecule has 2 aliphatic heterocycles. The quantitative estimate of drug-likeness (QED) is 0.421. The maximum absolute atomic E-state index is 3.31. The molecule has 2 rings (SSSR count). The molecule has 0 aliphatic carbocycles. The van der Waals surface area contributed by atoms with Crippen LogP contribution in [0.25, 0.3) is 0 Å². The topological polar surface area (TPSA) is 36.1 Å². The lowest BCUT2D eigenvalue weighted by atomic mass is 10.3. The molecule has 3 heteroatoms. The molecule has 1 saturated heterocycles. The molecule has 0 aromatic heterocycles. The van der Waals surface area contributed by atoms with Crippen molar-refractivity contribution in [1.82, 2.24) is 16.0 Å². The molecule has 0 aromatic carbocycles. The molecule has 2 heterocycles. The molecule has 3 N–H and O–H groups in total. The van der Waals surface area contributed by atoms with Crippen LogP contribution in [-0.2, 0) is 0 Å². The summed E-state index contributed by atoms with van der Waals surface area (Å²) in [6.07, 6.45) is 6.62. The standard InChI is InChI=1S/C7H11N3/c1-2-4-8-7-6(3-1)9-5-10-7/h1-3,7-10H,4-5H2. The Morgan fingerprint density at radius 3 is 3.40 bits per heavy atom. The fourth-order valence-corrected chi connectivity index (χ4v) is 1.23. The highest BCUT2D eigenvalue weighted by Crippen LogP contribution is 2.03. The second-order valence-electron chi connectivity index (χ2n) is 2.45. The van der Waals surface area contributed by atoms with Crippen molar-refractivity contribution in [2.24, 2.45) is 0 Å². The van der Waals surface area contributed by atoms with Gasteiger partial charge in [-0.2, -0.15) is 0 Å². The van der Waals surface area contributed by atoms with E-state index in [1.807, 2.05) is 0 Å². The van der Waals surface area contributed by atoms with Crippen molar-refractivity contribution in [2.45, 2.75) is 6.17 Å². The summed E-state index contributed by atoms with van der Waals surface area (Å²) >= 11 is 0. The fraction of sp³-hybridized carbons (Fsp3) is 0.429. The molecule has 1 atom stereocenters. The van der Waals surface area contributed by atoms with Gasteiger partial charge in [0.2, 0.25) is 0 Å². The van der Waals surface area contributed by atoms with Gasteiger partial charge in [-0.05, 0) is 6.08 Å². The monoisotopic (exact) mass is 137 g/mol. The van der Waals surface area contributed by atoms with Crippen molar-refractivity contribution in [3.05, 3.63) is 23.9 Å². The average Bonchev–Trinajstić information content (AvgIpc) is 2.28. The Labute approximate surface area is 60.2 Å². The third-order valence-corrected chi connectivity index (χ3v) is 1.76. The minimum Gasteiger partial charge on any atom is -0.373 e. The number of fused-ring (bicyclic) bond motifs is 1. The van der Waals surface area contributed by atoms with E-state index in [0.29, 0.717) is 6.17 Å². The van der Waals surface area contributed by atoms with Crippen LogP contribution in [0.3, 0.4) is 0 Å². The lowest BCUT2D eigenvalue weighted by Crippen LogP contribution is -2.37. The lowest BCUT2D eigenvalue weighted by Gasteiger charge is -2.09. The highest BCUT2D eigenvalue weighted by atomic mass is 15.3. The molecule has 1 unspecified atom stereocenters. The SMILES string of the molecule is C1=CCNC2NCNC2=C1. The third-order valence-electron chi connectivity index (χ3n) is 1.76. The van der Waals surface area contributed by atoms with Gasteiger partial charge >= 0.3 is 0 Å². The van der Waals surface area contributed by atoms with E-state index in [9.17, 15) is 0 Å². The maximum atomic E-state index is 3.31. The molecule has 0 spiro atoms. The van der Waals surface area contributed by atoms with Crippen molar-refractivity contribution >= 4 is 0 Å². The first-order valence-corrected chi connectivity index (χ1v) is 3.54. The van der Waals surface area contributed by atoms with E-state index in [1.54, 1.807) is 0 Å². The molecule has 0 saturated carbocycles. The summed E-state index contributed by atoms with van der Waals surface area (Å²) in [5, 5.41) is 9.82. The largest absolute Gasteiger partial charge is 0.373 e. The van der Waals surface area contributed by atoms with Crippen molar-refractivity contribution in [3.8, 4) is 0 Å². The van der Waals surface area contributed by atoms with Crippen LogP contribution in [0.1, 0.15) is 0 Å². The Morgan fingerprint density at radius 2 is 2.40 bits per heavy atom. The molecular weight excluding hydrogens is 126 g/mol. The van der Waals surface area contributed by atoms with E-state index in [-0.39, 0.29) is 0 Å². The molecule has 0 radical (unpaired) electrons. The predicted molar refractivity (Wildman–Crippen MR) is 40.2 cm³/mol. The van der Waals surface area contributed by atoms with Crippen LogP contribution in [0, 0.1) is 0 Å². The van der Waals surface area contributed by atoms with E-state index in [2.05, 4.69) is 34.2 Å². The number of allylic oxidation sites excluding steroid dienone is 2. The van der Waals surface area contributed by atoms with Crippen molar-refractivity contribution in [2.75, 3.05) is 13.2 Å². The minimum absolute atomic E-state index is 0.343. The van der Waals surface area contributed by atoms with Gasteiger partial charge in [-0.1, -0.05) is 12.2 Å². The summed E-state index contributed by atoms with van der Waals surface area (Å²) in [4.78, 5) is 0. The summed E-state index contributed by atoms with van der Waals surface area (Å²) < 4.78 is 0. The highest BCUT2D eigenvalue weighted by Gasteiger charge is 2.17. The Kier molecular flexibility index (Phi) is 1.45. The normalized spacial score (nSPS) is 30.4. The van der Waals surface area contributed by atoms with Gasteiger partial charge in [-0.15, -0.1) is 0 Å². The minimum atomic E-state index is 0.343. The Hall–Kier alpha value is -0.800. The summed E-state index contributed by atoms with van der Waals surface area (Å²) in [6, 6.07) is 0. The van der Waals surface area contributed by atoms with Gasteiger partial charge in [0.05, 0.1) is 6.67 Å². The number of rotatable bonds is 0. The van der Waals surface area contributed by atoms with Gasteiger partial charge in [0.1, 0.15) is 6.17 Å². The van der Waals surface area contributed by atoms with E-state index >= 15 is 0 Å². The van der Waals surface area contributed by atoms with Gasteiger partial charge in [0, 0.05) is 12.2 Å². The van der Waals surface area contributed by atoms with Crippen LogP contribution in [0.5, 0.6) is 0 Å². The molecule has 0 aromatic rings. The zero-order valence-corrected chi connectivity index (χ0v) is 5.72. The van der Waals surface area contributed by atoms with Crippen LogP contribution < -0.4 is 16.0 Å². The van der Waals surface area contributed by atoms with Crippen molar-refractivity contribution in [3.63, 3.8) is 0 Å². The average molecular weight is 137 g/mol. The number of hydrogen-bond donors (Lipinski definition) is 3. The van der Waals surface area contributed by atoms with E-state index < -0.39 is 0 Å². The number of hydrogen-bond acceptors (Lipinski definition) is 3. The zero-order valence-electron chi connectivity index (χ0n) is 5.72. The molecule has 0 bridgehead atoms. The molecule has 1 fully saturated rings. The first-order chi connectivity index (χ1) is 4.97. The highest BCUT2D eigenvalue weighted by molar-refractivity contribution is 5.21. The predicted octanol–water partition coefficient (Wildman–Crippen LogP) is -0.494. The van der Waals surface area contributed by atoms with Crippen molar-refractivity contribution < 1.29 is 0 Å². The molecule has 54 valence electrons. The first kappa shape index (κ1) is 5.95. The lowest BCUT2D eigenvalue weighted by molar-refractivity contribution is 0.565. The first-order valence-electron chi connectivity index (χ1n) is 3.54. The van der Waals surface area contributed by atoms with E-state index in [0.717, 1.165) is 13.2 Å². The van der Waals surface area contributed by atoms with E-state index in [4.69, 9.17) is 0 Å².